The lowest BCUT2D eigenvalue weighted by atomic mass is 9.98. The van der Waals surface area contributed by atoms with E-state index in [2.05, 4.69) is 43.2 Å². The number of hydrogen-bond donors (Lipinski definition) is 3. The smallest absolute Gasteiger partial charge is 0.226 e. The SMILES string of the molecule is C=C/C=C(F)\C=C/CNc1ccc(O[C@H](c2ccc(C)c(C)c2)C(C)NC(=O)C2(C)CC2)cc1C=N. The van der Waals surface area contributed by atoms with Crippen molar-refractivity contribution in [2.45, 2.75) is 52.7 Å². The maximum atomic E-state index is 13.4. The molecule has 1 saturated carbocycles. The first-order chi connectivity index (χ1) is 17.2. The highest BCUT2D eigenvalue weighted by molar-refractivity contribution is 5.86. The molecule has 0 aromatic heterocycles. The minimum absolute atomic E-state index is 0.0552. The van der Waals surface area contributed by atoms with E-state index in [0.717, 1.165) is 29.7 Å². The van der Waals surface area contributed by atoms with E-state index >= 15 is 0 Å². The molecular weight excluding hydrogens is 453 g/mol. The van der Waals surface area contributed by atoms with Gasteiger partial charge in [0.05, 0.1) is 6.04 Å². The highest BCUT2D eigenvalue weighted by Gasteiger charge is 2.45. The van der Waals surface area contributed by atoms with Crippen molar-refractivity contribution < 1.29 is 13.9 Å². The van der Waals surface area contributed by atoms with Crippen molar-refractivity contribution in [1.82, 2.24) is 5.32 Å². The van der Waals surface area contributed by atoms with Crippen molar-refractivity contribution in [3.05, 3.63) is 95.4 Å². The van der Waals surface area contributed by atoms with Gasteiger partial charge in [0.1, 0.15) is 17.7 Å². The summed E-state index contributed by atoms with van der Waals surface area (Å²) < 4.78 is 19.9. The fraction of sp³-hybridized carbons (Fsp3) is 0.333. The Morgan fingerprint density at radius 2 is 1.97 bits per heavy atom. The van der Waals surface area contributed by atoms with Gasteiger partial charge in [-0.05, 0) is 80.7 Å². The molecule has 0 radical (unpaired) electrons. The van der Waals surface area contributed by atoms with E-state index in [1.807, 2.05) is 32.0 Å². The Morgan fingerprint density at radius 1 is 1.22 bits per heavy atom. The molecule has 5 nitrogen and oxygen atoms in total. The van der Waals surface area contributed by atoms with Gasteiger partial charge < -0.3 is 20.8 Å². The van der Waals surface area contributed by atoms with E-state index in [4.69, 9.17) is 10.1 Å². The summed E-state index contributed by atoms with van der Waals surface area (Å²) in [5.41, 5.74) is 4.42. The molecule has 1 amide bonds. The molecule has 1 unspecified atom stereocenters. The maximum Gasteiger partial charge on any atom is 0.226 e. The average Bonchev–Trinajstić information content (AvgIpc) is 3.61. The average molecular weight is 490 g/mol. The van der Waals surface area contributed by atoms with E-state index in [9.17, 15) is 9.18 Å². The second-order valence-electron chi connectivity index (χ2n) is 9.67. The van der Waals surface area contributed by atoms with E-state index in [1.54, 1.807) is 12.1 Å². The molecule has 2 aromatic rings. The highest BCUT2D eigenvalue weighted by atomic mass is 19.1. The molecule has 6 heteroatoms. The zero-order valence-corrected chi connectivity index (χ0v) is 21.5. The van der Waals surface area contributed by atoms with E-state index in [0.29, 0.717) is 17.9 Å². The molecule has 190 valence electrons. The summed E-state index contributed by atoms with van der Waals surface area (Å²) in [7, 11) is 0. The monoisotopic (exact) mass is 489 g/mol. The number of allylic oxidation sites excluding steroid dienone is 4. The largest absolute Gasteiger partial charge is 0.484 e. The first-order valence-corrected chi connectivity index (χ1v) is 12.2. The number of nitrogens with one attached hydrogen (secondary N) is 3. The van der Waals surface area contributed by atoms with Crippen molar-refractivity contribution in [3.8, 4) is 5.75 Å². The number of halogens is 1. The molecule has 2 aromatic carbocycles. The third-order valence-electron chi connectivity index (χ3n) is 6.63. The van der Waals surface area contributed by atoms with Crippen molar-refractivity contribution >= 4 is 17.8 Å². The fourth-order valence-electron chi connectivity index (χ4n) is 3.82. The van der Waals surface area contributed by atoms with Crippen molar-refractivity contribution in [2.24, 2.45) is 5.41 Å². The van der Waals surface area contributed by atoms with Crippen molar-refractivity contribution in [2.75, 3.05) is 11.9 Å². The normalized spacial score (nSPS) is 16.2. The van der Waals surface area contributed by atoms with Crippen LogP contribution in [0.15, 0.2) is 73.1 Å². The number of anilines is 1. The summed E-state index contributed by atoms with van der Waals surface area (Å²) in [6.07, 6.45) is 8.36. The first-order valence-electron chi connectivity index (χ1n) is 12.2. The molecule has 1 aliphatic carbocycles. The third-order valence-corrected chi connectivity index (χ3v) is 6.63. The topological polar surface area (TPSA) is 74.2 Å². The summed E-state index contributed by atoms with van der Waals surface area (Å²) in [6, 6.07) is 11.4. The Kier molecular flexibility index (Phi) is 8.86. The van der Waals surface area contributed by atoms with E-state index in [1.165, 1.54) is 30.0 Å². The fourth-order valence-corrected chi connectivity index (χ4v) is 3.82. The summed E-state index contributed by atoms with van der Waals surface area (Å²) in [4.78, 5) is 12.8. The van der Waals surface area contributed by atoms with Gasteiger partial charge in [-0.2, -0.15) is 0 Å². The molecular formula is C30H36FN3O2. The van der Waals surface area contributed by atoms with Crippen LogP contribution in [0.2, 0.25) is 0 Å². The summed E-state index contributed by atoms with van der Waals surface area (Å²) in [5.74, 6) is 0.271. The Morgan fingerprint density at radius 3 is 2.61 bits per heavy atom. The van der Waals surface area contributed by atoms with Crippen LogP contribution in [0.1, 0.15) is 55.0 Å². The quantitative estimate of drug-likeness (QED) is 0.228. The third kappa shape index (κ3) is 6.94. The van der Waals surface area contributed by atoms with Gasteiger partial charge in [-0.15, -0.1) is 0 Å². The highest BCUT2D eigenvalue weighted by Crippen LogP contribution is 2.45. The van der Waals surface area contributed by atoms with Gasteiger partial charge in [-0.25, -0.2) is 4.39 Å². The molecule has 3 N–H and O–H groups in total. The number of ether oxygens (including phenoxy) is 1. The van der Waals surface area contributed by atoms with Gasteiger partial charge in [-0.1, -0.05) is 43.9 Å². The standard InChI is InChI=1S/C30H36FN3O2/c1-6-8-25(31)9-7-16-33-27-13-12-26(18-24(27)19-32)36-28(23-11-10-20(2)21(3)17-23)22(4)34-29(35)30(5)14-15-30/h6-13,17-19,22,28,32-33H,1,14-16H2,2-5H3,(H,34,35)/b9-7-,25-8+,32-19?/t22?,28-/m0/s1. The summed E-state index contributed by atoms with van der Waals surface area (Å²) in [5, 5.41) is 14.2. The molecule has 36 heavy (non-hydrogen) atoms. The lowest BCUT2D eigenvalue weighted by Gasteiger charge is -2.28. The van der Waals surface area contributed by atoms with Crippen LogP contribution in [0.5, 0.6) is 5.75 Å². The van der Waals surface area contributed by atoms with Crippen LogP contribution in [0.3, 0.4) is 0 Å². The van der Waals surface area contributed by atoms with Crippen LogP contribution < -0.4 is 15.4 Å². The van der Waals surface area contributed by atoms with Gasteiger partial charge in [0.25, 0.3) is 0 Å². The predicted molar refractivity (Wildman–Crippen MR) is 146 cm³/mol. The van der Waals surface area contributed by atoms with Crippen LogP contribution in [-0.4, -0.2) is 24.7 Å². The number of aryl methyl sites for hydroxylation is 2. The Hall–Kier alpha value is -3.67. The molecule has 0 spiro atoms. The summed E-state index contributed by atoms with van der Waals surface area (Å²) in [6.45, 7) is 11.9. The van der Waals surface area contributed by atoms with Crippen LogP contribution in [-0.2, 0) is 4.79 Å². The molecule has 0 bridgehead atoms. The molecule has 2 atom stereocenters. The van der Waals surface area contributed by atoms with Crippen LogP contribution in [0.25, 0.3) is 0 Å². The van der Waals surface area contributed by atoms with Gasteiger partial charge in [0.2, 0.25) is 5.91 Å². The molecule has 0 saturated heterocycles. The number of carbonyl (C=O) groups excluding carboxylic acids is 1. The number of rotatable bonds is 12. The van der Waals surface area contributed by atoms with E-state index < -0.39 is 6.10 Å². The van der Waals surface area contributed by atoms with Crippen molar-refractivity contribution in [1.29, 1.82) is 5.41 Å². The summed E-state index contributed by atoms with van der Waals surface area (Å²) >= 11 is 0. The number of amides is 1. The Bertz CT molecular complexity index is 1180. The number of hydrogen-bond acceptors (Lipinski definition) is 4. The van der Waals surface area contributed by atoms with Gasteiger partial charge >= 0.3 is 0 Å². The van der Waals surface area contributed by atoms with Gasteiger partial charge in [0, 0.05) is 29.4 Å². The predicted octanol–water partition coefficient (Wildman–Crippen LogP) is 6.73. The first kappa shape index (κ1) is 26.9. The maximum absolute atomic E-state index is 13.4. The minimum atomic E-state index is -0.407. The molecule has 1 fully saturated rings. The van der Waals surface area contributed by atoms with Crippen LogP contribution in [0, 0.1) is 24.7 Å². The zero-order valence-electron chi connectivity index (χ0n) is 21.5. The number of benzene rings is 2. The number of carbonyl (C=O) groups is 1. The van der Waals surface area contributed by atoms with Gasteiger partial charge in [-0.3, -0.25) is 4.79 Å². The molecule has 1 aliphatic rings. The van der Waals surface area contributed by atoms with Crippen molar-refractivity contribution in [3.63, 3.8) is 0 Å². The Balaban J connectivity index is 1.80. The second kappa shape index (κ2) is 11.8. The van der Waals surface area contributed by atoms with Crippen LogP contribution >= 0.6 is 0 Å². The minimum Gasteiger partial charge on any atom is -0.484 e. The van der Waals surface area contributed by atoms with Gasteiger partial charge in [0.15, 0.2) is 0 Å². The second-order valence-corrected chi connectivity index (χ2v) is 9.67. The Labute approximate surface area is 213 Å². The lowest BCUT2D eigenvalue weighted by Crippen LogP contribution is -2.42. The molecule has 0 aliphatic heterocycles. The lowest BCUT2D eigenvalue weighted by molar-refractivity contribution is -0.127. The zero-order chi connectivity index (χ0) is 26.3. The van der Waals surface area contributed by atoms with Crippen LogP contribution in [0.4, 0.5) is 10.1 Å². The molecule has 3 rings (SSSR count). The molecule has 0 heterocycles. The van der Waals surface area contributed by atoms with E-state index in [-0.39, 0.29) is 23.2 Å².